The number of likely N-dealkylation sites (tertiary alicyclic amines) is 1. The fourth-order valence-corrected chi connectivity index (χ4v) is 4.02. The van der Waals surface area contributed by atoms with Gasteiger partial charge in [0.1, 0.15) is 5.69 Å². The van der Waals surface area contributed by atoms with Crippen LogP contribution in [0.5, 0.6) is 0 Å². The van der Waals surface area contributed by atoms with Gasteiger partial charge in [-0.3, -0.25) is 9.78 Å². The third-order valence-corrected chi connectivity index (χ3v) is 5.54. The zero-order valence-corrected chi connectivity index (χ0v) is 17.9. The van der Waals surface area contributed by atoms with Crippen LogP contribution in [0.15, 0.2) is 54.9 Å². The number of hydrogen-bond acceptors (Lipinski definition) is 5. The molecule has 0 spiro atoms. The number of piperidine rings is 1. The molecule has 1 aliphatic heterocycles. The van der Waals surface area contributed by atoms with Crippen LogP contribution in [0, 0.1) is 0 Å². The van der Waals surface area contributed by atoms with Gasteiger partial charge in [-0.2, -0.15) is 0 Å². The Morgan fingerprint density at radius 1 is 1.13 bits per heavy atom. The van der Waals surface area contributed by atoms with Crippen LogP contribution in [0.4, 0.5) is 5.95 Å². The Morgan fingerprint density at radius 2 is 2.00 bits per heavy atom. The van der Waals surface area contributed by atoms with Gasteiger partial charge in [0.05, 0.1) is 11.7 Å². The SMILES string of the molecule is CN(C)c1ncc(-c2cccc(Cl)c2)c([C@H]2CCCCN2C(=O)c2ccccn2)n1. The second kappa shape index (κ2) is 8.79. The van der Waals surface area contributed by atoms with Crippen molar-refractivity contribution in [2.45, 2.75) is 25.3 Å². The molecule has 7 heteroatoms. The molecule has 0 radical (unpaired) electrons. The molecule has 0 bridgehead atoms. The summed E-state index contributed by atoms with van der Waals surface area (Å²) in [4.78, 5) is 30.8. The van der Waals surface area contributed by atoms with Gasteiger partial charge in [0, 0.05) is 43.6 Å². The number of pyridine rings is 1. The van der Waals surface area contributed by atoms with E-state index in [1.807, 2.05) is 66.5 Å². The van der Waals surface area contributed by atoms with Gasteiger partial charge in [0.2, 0.25) is 5.95 Å². The number of aromatic nitrogens is 3. The molecule has 3 heterocycles. The van der Waals surface area contributed by atoms with Crippen LogP contribution in [-0.2, 0) is 0 Å². The second-order valence-electron chi connectivity index (χ2n) is 7.60. The van der Waals surface area contributed by atoms with Gasteiger partial charge < -0.3 is 9.80 Å². The number of rotatable bonds is 4. The fraction of sp³-hybridized carbons (Fsp3) is 0.304. The summed E-state index contributed by atoms with van der Waals surface area (Å²) in [5.74, 6) is 0.550. The fourth-order valence-electron chi connectivity index (χ4n) is 3.83. The third kappa shape index (κ3) is 4.14. The number of nitrogens with zero attached hydrogens (tertiary/aromatic N) is 5. The highest BCUT2D eigenvalue weighted by Gasteiger charge is 2.32. The van der Waals surface area contributed by atoms with Gasteiger partial charge in [0.15, 0.2) is 0 Å². The molecule has 1 fully saturated rings. The van der Waals surface area contributed by atoms with Gasteiger partial charge in [0.25, 0.3) is 5.91 Å². The van der Waals surface area contributed by atoms with Crippen LogP contribution in [0.2, 0.25) is 5.02 Å². The maximum Gasteiger partial charge on any atom is 0.273 e. The second-order valence-corrected chi connectivity index (χ2v) is 8.04. The molecule has 0 saturated carbocycles. The van der Waals surface area contributed by atoms with Crippen molar-refractivity contribution in [3.63, 3.8) is 0 Å². The molecule has 4 rings (SSSR count). The van der Waals surface area contributed by atoms with Crippen molar-refractivity contribution in [3.8, 4) is 11.1 Å². The standard InChI is InChI=1S/C23H24ClN5O/c1-28(2)23-26-15-18(16-8-7-9-17(24)14-16)21(27-23)20-11-4-6-13-29(20)22(30)19-10-3-5-12-25-19/h3,5,7-10,12,14-15,20H,4,6,11,13H2,1-2H3/t20-/m1/s1. The Balaban J connectivity index is 1.81. The highest BCUT2D eigenvalue weighted by molar-refractivity contribution is 6.30. The van der Waals surface area contributed by atoms with Gasteiger partial charge in [-0.1, -0.05) is 29.8 Å². The van der Waals surface area contributed by atoms with Crippen LogP contribution >= 0.6 is 11.6 Å². The maximum atomic E-state index is 13.3. The third-order valence-electron chi connectivity index (χ3n) is 5.30. The molecular weight excluding hydrogens is 398 g/mol. The Morgan fingerprint density at radius 3 is 2.73 bits per heavy atom. The zero-order valence-electron chi connectivity index (χ0n) is 17.1. The van der Waals surface area contributed by atoms with Crippen molar-refractivity contribution in [2.75, 3.05) is 25.5 Å². The minimum Gasteiger partial charge on any atom is -0.347 e. The lowest BCUT2D eigenvalue weighted by atomic mass is 9.93. The number of anilines is 1. The van der Waals surface area contributed by atoms with Crippen LogP contribution in [0.3, 0.4) is 0 Å². The number of benzene rings is 1. The van der Waals surface area contributed by atoms with E-state index < -0.39 is 0 Å². The Kier molecular flexibility index (Phi) is 5.95. The predicted molar refractivity (Wildman–Crippen MR) is 119 cm³/mol. The summed E-state index contributed by atoms with van der Waals surface area (Å²) in [6.07, 6.45) is 6.33. The highest BCUT2D eigenvalue weighted by Crippen LogP contribution is 2.37. The molecule has 2 aromatic heterocycles. The largest absolute Gasteiger partial charge is 0.347 e. The van der Waals surface area contributed by atoms with E-state index in [9.17, 15) is 4.79 Å². The zero-order chi connectivity index (χ0) is 21.1. The normalized spacial score (nSPS) is 16.4. The summed E-state index contributed by atoms with van der Waals surface area (Å²) in [6, 6.07) is 12.9. The first kappa shape index (κ1) is 20.3. The first-order chi connectivity index (χ1) is 14.5. The van der Waals surface area contributed by atoms with E-state index in [0.717, 1.165) is 36.1 Å². The molecule has 1 saturated heterocycles. The lowest BCUT2D eigenvalue weighted by Crippen LogP contribution is -2.39. The predicted octanol–water partition coefficient (Wildman–Crippen LogP) is 4.63. The van der Waals surface area contributed by atoms with E-state index in [-0.39, 0.29) is 11.9 Å². The number of amides is 1. The van der Waals surface area contributed by atoms with E-state index in [4.69, 9.17) is 16.6 Å². The number of carbonyl (C=O) groups is 1. The average Bonchev–Trinajstić information content (AvgIpc) is 2.78. The van der Waals surface area contributed by atoms with Gasteiger partial charge in [-0.15, -0.1) is 0 Å². The van der Waals surface area contributed by atoms with E-state index in [2.05, 4.69) is 9.97 Å². The first-order valence-electron chi connectivity index (χ1n) is 10.1. The summed E-state index contributed by atoms with van der Waals surface area (Å²) in [7, 11) is 3.83. The molecule has 0 aliphatic carbocycles. The summed E-state index contributed by atoms with van der Waals surface area (Å²) in [5, 5.41) is 0.653. The minimum atomic E-state index is -0.149. The van der Waals surface area contributed by atoms with Crippen LogP contribution in [0.1, 0.15) is 41.5 Å². The van der Waals surface area contributed by atoms with Crippen molar-refractivity contribution in [3.05, 3.63) is 71.3 Å². The van der Waals surface area contributed by atoms with Crippen LogP contribution in [-0.4, -0.2) is 46.4 Å². The van der Waals surface area contributed by atoms with E-state index in [1.54, 1.807) is 12.3 Å². The molecular formula is C23H24ClN5O. The molecule has 30 heavy (non-hydrogen) atoms. The molecule has 1 aromatic carbocycles. The first-order valence-corrected chi connectivity index (χ1v) is 10.4. The number of halogens is 1. The molecule has 154 valence electrons. The molecule has 1 atom stereocenters. The quantitative estimate of drug-likeness (QED) is 0.614. The highest BCUT2D eigenvalue weighted by atomic mass is 35.5. The summed E-state index contributed by atoms with van der Waals surface area (Å²) in [5.41, 5.74) is 3.14. The molecule has 0 unspecified atom stereocenters. The van der Waals surface area contributed by atoms with Crippen molar-refractivity contribution >= 4 is 23.5 Å². The smallest absolute Gasteiger partial charge is 0.273 e. The van der Waals surface area contributed by atoms with Gasteiger partial charge in [-0.05, 0) is 49.1 Å². The van der Waals surface area contributed by atoms with E-state index >= 15 is 0 Å². The van der Waals surface area contributed by atoms with E-state index in [0.29, 0.717) is 23.2 Å². The van der Waals surface area contributed by atoms with Crippen LogP contribution < -0.4 is 4.90 Å². The monoisotopic (exact) mass is 421 g/mol. The minimum absolute atomic E-state index is 0.0673. The Labute approximate surface area is 181 Å². The summed E-state index contributed by atoms with van der Waals surface area (Å²) >= 11 is 6.25. The molecule has 0 N–H and O–H groups in total. The maximum absolute atomic E-state index is 13.3. The van der Waals surface area contributed by atoms with Crippen molar-refractivity contribution in [2.24, 2.45) is 0 Å². The number of hydrogen-bond donors (Lipinski definition) is 0. The van der Waals surface area contributed by atoms with Crippen LogP contribution in [0.25, 0.3) is 11.1 Å². The topological polar surface area (TPSA) is 62.2 Å². The van der Waals surface area contributed by atoms with Gasteiger partial charge in [-0.25, -0.2) is 9.97 Å². The van der Waals surface area contributed by atoms with Crippen molar-refractivity contribution < 1.29 is 4.79 Å². The van der Waals surface area contributed by atoms with Crippen molar-refractivity contribution in [1.29, 1.82) is 0 Å². The molecule has 6 nitrogen and oxygen atoms in total. The number of carbonyl (C=O) groups excluding carboxylic acids is 1. The van der Waals surface area contributed by atoms with Gasteiger partial charge >= 0.3 is 0 Å². The van der Waals surface area contributed by atoms with E-state index in [1.165, 1.54) is 0 Å². The Hall–Kier alpha value is -2.99. The lowest BCUT2D eigenvalue weighted by molar-refractivity contribution is 0.0600. The molecule has 3 aromatic rings. The lowest BCUT2D eigenvalue weighted by Gasteiger charge is -2.36. The summed E-state index contributed by atoms with van der Waals surface area (Å²) < 4.78 is 0. The molecule has 1 aliphatic rings. The average molecular weight is 422 g/mol. The molecule has 1 amide bonds. The Bertz CT molecular complexity index is 1040. The summed E-state index contributed by atoms with van der Waals surface area (Å²) in [6.45, 7) is 0.677. The van der Waals surface area contributed by atoms with Crippen molar-refractivity contribution in [1.82, 2.24) is 19.9 Å².